The third-order valence-electron chi connectivity index (χ3n) is 3.21. The molecule has 2 aromatic carbocycles. The Morgan fingerprint density at radius 1 is 1.17 bits per heavy atom. The number of aryl methyl sites for hydroxylation is 1. The molecular formula is C17H15Cl2NO3S. The van der Waals surface area contributed by atoms with Crippen molar-refractivity contribution in [3.63, 3.8) is 0 Å². The maximum Gasteiger partial charge on any atom is 0.339 e. The molecule has 1 N–H and O–H groups in total. The molecule has 2 aromatic rings. The zero-order valence-corrected chi connectivity index (χ0v) is 15.4. The van der Waals surface area contributed by atoms with E-state index >= 15 is 0 Å². The number of benzene rings is 2. The van der Waals surface area contributed by atoms with E-state index in [9.17, 15) is 9.59 Å². The highest BCUT2D eigenvalue weighted by atomic mass is 35.5. The summed E-state index contributed by atoms with van der Waals surface area (Å²) in [7, 11) is 0. The third kappa shape index (κ3) is 4.44. The van der Waals surface area contributed by atoms with Crippen LogP contribution in [0, 0.1) is 6.92 Å². The van der Waals surface area contributed by atoms with Crippen molar-refractivity contribution in [2.75, 3.05) is 18.2 Å². The lowest BCUT2D eigenvalue weighted by molar-refractivity contribution is -0.119. The van der Waals surface area contributed by atoms with Crippen LogP contribution in [0.3, 0.4) is 0 Å². The first-order valence-corrected chi connectivity index (χ1v) is 8.96. The monoisotopic (exact) mass is 383 g/mol. The fraction of sp³-hybridized carbons (Fsp3) is 0.176. The molecule has 0 saturated carbocycles. The number of ether oxygens (including phenoxy) is 1. The minimum atomic E-state index is -0.559. The summed E-state index contributed by atoms with van der Waals surface area (Å²) in [6, 6.07) is 10.4. The molecule has 0 saturated heterocycles. The normalized spacial score (nSPS) is 10.3. The number of anilines is 1. The average molecular weight is 384 g/mol. The lowest BCUT2D eigenvalue weighted by Crippen LogP contribution is -2.21. The van der Waals surface area contributed by atoms with Gasteiger partial charge in [-0.2, -0.15) is 0 Å². The number of rotatable bonds is 5. The maximum absolute atomic E-state index is 12.1. The molecule has 4 nitrogen and oxygen atoms in total. The Balaban J connectivity index is 2.01. The van der Waals surface area contributed by atoms with E-state index in [4.69, 9.17) is 27.9 Å². The van der Waals surface area contributed by atoms with Crippen molar-refractivity contribution in [2.24, 2.45) is 0 Å². The zero-order chi connectivity index (χ0) is 17.7. The van der Waals surface area contributed by atoms with Crippen molar-refractivity contribution < 1.29 is 14.3 Å². The minimum absolute atomic E-state index is 0.309. The molecule has 0 spiro atoms. The Kier molecular flexibility index (Phi) is 6.54. The predicted octanol–water partition coefficient (Wildman–Crippen LogP) is 4.82. The standard InChI is InChI=1S/C17H15Cl2NO3S/c1-10-7-8-12(18)16(15(10)19)20-14(21)9-23-17(22)11-5-3-4-6-13(11)24-2/h3-8H,9H2,1-2H3,(H,20,21). The second-order valence-electron chi connectivity index (χ2n) is 4.88. The molecule has 0 fully saturated rings. The van der Waals surface area contributed by atoms with Gasteiger partial charge < -0.3 is 10.1 Å². The van der Waals surface area contributed by atoms with Gasteiger partial charge in [-0.25, -0.2) is 4.79 Å². The smallest absolute Gasteiger partial charge is 0.339 e. The minimum Gasteiger partial charge on any atom is -0.452 e. The maximum atomic E-state index is 12.1. The number of esters is 1. The van der Waals surface area contributed by atoms with Gasteiger partial charge in [0.25, 0.3) is 5.91 Å². The first-order chi connectivity index (χ1) is 11.4. The molecule has 0 bridgehead atoms. The van der Waals surface area contributed by atoms with E-state index < -0.39 is 18.5 Å². The SMILES string of the molecule is CSc1ccccc1C(=O)OCC(=O)Nc1c(Cl)ccc(C)c1Cl. The van der Waals surface area contributed by atoms with Crippen molar-refractivity contribution >= 4 is 52.5 Å². The van der Waals surface area contributed by atoms with E-state index in [0.29, 0.717) is 21.3 Å². The van der Waals surface area contributed by atoms with Crippen molar-refractivity contribution in [1.29, 1.82) is 0 Å². The Morgan fingerprint density at radius 3 is 2.58 bits per heavy atom. The summed E-state index contributed by atoms with van der Waals surface area (Å²) >= 11 is 13.6. The molecule has 0 unspecified atom stereocenters. The molecule has 0 atom stereocenters. The second kappa shape index (κ2) is 8.42. The number of nitrogens with one attached hydrogen (secondary N) is 1. The largest absolute Gasteiger partial charge is 0.452 e. The van der Waals surface area contributed by atoms with E-state index in [2.05, 4.69) is 5.32 Å². The van der Waals surface area contributed by atoms with Crippen LogP contribution < -0.4 is 5.32 Å². The highest BCUT2D eigenvalue weighted by molar-refractivity contribution is 7.98. The summed E-state index contributed by atoms with van der Waals surface area (Å²) in [6.45, 7) is 1.37. The molecule has 0 aliphatic rings. The van der Waals surface area contributed by atoms with Gasteiger partial charge in [0.05, 0.1) is 21.3 Å². The molecule has 24 heavy (non-hydrogen) atoms. The number of halogens is 2. The fourth-order valence-electron chi connectivity index (χ4n) is 1.97. The lowest BCUT2D eigenvalue weighted by Gasteiger charge is -2.12. The number of thioether (sulfide) groups is 1. The Labute approximate surface area is 154 Å². The summed E-state index contributed by atoms with van der Waals surface area (Å²) in [6.07, 6.45) is 1.86. The zero-order valence-electron chi connectivity index (χ0n) is 13.1. The van der Waals surface area contributed by atoms with Crippen LogP contribution in [0.4, 0.5) is 5.69 Å². The van der Waals surface area contributed by atoms with Crippen molar-refractivity contribution in [1.82, 2.24) is 0 Å². The lowest BCUT2D eigenvalue weighted by atomic mass is 10.2. The van der Waals surface area contributed by atoms with Crippen LogP contribution in [0.2, 0.25) is 10.0 Å². The van der Waals surface area contributed by atoms with Crippen molar-refractivity contribution in [3.05, 3.63) is 57.6 Å². The summed E-state index contributed by atoms with van der Waals surface area (Å²) in [5.41, 5.74) is 1.51. The fourth-order valence-corrected chi connectivity index (χ4v) is 3.02. The van der Waals surface area contributed by atoms with Gasteiger partial charge in [0, 0.05) is 4.90 Å². The van der Waals surface area contributed by atoms with E-state index in [1.165, 1.54) is 11.8 Å². The van der Waals surface area contributed by atoms with Gasteiger partial charge in [0.1, 0.15) is 0 Å². The highest BCUT2D eigenvalue weighted by Gasteiger charge is 2.16. The molecule has 1 amide bonds. The van der Waals surface area contributed by atoms with Crippen LogP contribution in [0.1, 0.15) is 15.9 Å². The predicted molar refractivity (Wildman–Crippen MR) is 98.3 cm³/mol. The van der Waals surface area contributed by atoms with E-state index in [0.717, 1.165) is 10.5 Å². The molecule has 0 aliphatic heterocycles. The first-order valence-electron chi connectivity index (χ1n) is 6.98. The number of hydrogen-bond donors (Lipinski definition) is 1. The summed E-state index contributed by atoms with van der Waals surface area (Å²) in [5.74, 6) is -1.07. The van der Waals surface area contributed by atoms with E-state index in [1.54, 1.807) is 31.2 Å². The van der Waals surface area contributed by atoms with Gasteiger partial charge in [-0.05, 0) is 36.9 Å². The molecule has 2 rings (SSSR count). The van der Waals surface area contributed by atoms with Crippen LogP contribution in [0.25, 0.3) is 0 Å². The molecule has 0 aliphatic carbocycles. The molecule has 0 radical (unpaired) electrons. The molecule has 0 aromatic heterocycles. The average Bonchev–Trinajstić information content (AvgIpc) is 2.59. The summed E-state index contributed by atoms with van der Waals surface area (Å²) < 4.78 is 5.06. The number of hydrogen-bond acceptors (Lipinski definition) is 4. The number of carbonyl (C=O) groups is 2. The topological polar surface area (TPSA) is 55.4 Å². The van der Waals surface area contributed by atoms with Gasteiger partial charge in [0.15, 0.2) is 6.61 Å². The van der Waals surface area contributed by atoms with Crippen molar-refractivity contribution in [2.45, 2.75) is 11.8 Å². The molecule has 7 heteroatoms. The van der Waals surface area contributed by atoms with Crippen LogP contribution in [0.15, 0.2) is 41.3 Å². The number of carbonyl (C=O) groups excluding carboxylic acids is 2. The quantitative estimate of drug-likeness (QED) is 0.593. The van der Waals surface area contributed by atoms with Gasteiger partial charge >= 0.3 is 5.97 Å². The van der Waals surface area contributed by atoms with Crippen LogP contribution in [0.5, 0.6) is 0 Å². The van der Waals surface area contributed by atoms with Gasteiger partial charge in [-0.3, -0.25) is 4.79 Å². The van der Waals surface area contributed by atoms with Crippen LogP contribution in [-0.2, 0) is 9.53 Å². The second-order valence-corrected chi connectivity index (χ2v) is 6.51. The van der Waals surface area contributed by atoms with Crippen LogP contribution in [-0.4, -0.2) is 24.7 Å². The van der Waals surface area contributed by atoms with Gasteiger partial charge in [0.2, 0.25) is 0 Å². The molecular weight excluding hydrogens is 369 g/mol. The van der Waals surface area contributed by atoms with Gasteiger partial charge in [-0.15, -0.1) is 11.8 Å². The summed E-state index contributed by atoms with van der Waals surface area (Å²) in [4.78, 5) is 24.9. The van der Waals surface area contributed by atoms with Crippen LogP contribution >= 0.6 is 35.0 Å². The Morgan fingerprint density at radius 2 is 1.88 bits per heavy atom. The summed E-state index contributed by atoms with van der Waals surface area (Å²) in [5, 5.41) is 3.24. The third-order valence-corrected chi connectivity index (χ3v) is 4.81. The van der Waals surface area contributed by atoms with E-state index in [-0.39, 0.29) is 0 Å². The first kappa shape index (κ1) is 18.6. The highest BCUT2D eigenvalue weighted by Crippen LogP contribution is 2.32. The molecule has 126 valence electrons. The Bertz CT molecular complexity index is 780. The number of amides is 1. The van der Waals surface area contributed by atoms with Gasteiger partial charge in [-0.1, -0.05) is 41.4 Å². The molecule has 0 heterocycles. The Hall–Kier alpha value is -1.69. The van der Waals surface area contributed by atoms with Crippen molar-refractivity contribution in [3.8, 4) is 0 Å². The van der Waals surface area contributed by atoms with E-state index in [1.807, 2.05) is 18.4 Å².